The number of nitrogen functional groups attached to an aromatic ring is 1. The predicted octanol–water partition coefficient (Wildman–Crippen LogP) is 4.45. The first kappa shape index (κ1) is 21.4. The summed E-state index contributed by atoms with van der Waals surface area (Å²) in [7, 11) is 1.57. The number of halogens is 3. The summed E-state index contributed by atoms with van der Waals surface area (Å²) in [6.07, 6.45) is 2.90. The van der Waals surface area contributed by atoms with E-state index >= 15 is 0 Å². The van der Waals surface area contributed by atoms with Crippen molar-refractivity contribution in [1.82, 2.24) is 24.6 Å². The van der Waals surface area contributed by atoms with E-state index in [-0.39, 0.29) is 29.5 Å². The lowest BCUT2D eigenvalue weighted by Crippen LogP contribution is -2.03. The van der Waals surface area contributed by atoms with Crippen LogP contribution in [0.15, 0.2) is 60.9 Å². The van der Waals surface area contributed by atoms with Gasteiger partial charge < -0.3 is 10.5 Å². The summed E-state index contributed by atoms with van der Waals surface area (Å²) >= 11 is 0. The van der Waals surface area contributed by atoms with Gasteiger partial charge in [-0.05, 0) is 35.9 Å². The highest BCUT2D eigenvalue weighted by molar-refractivity contribution is 5.78. The molecule has 2 aromatic carbocycles. The van der Waals surface area contributed by atoms with Gasteiger partial charge in [-0.3, -0.25) is 0 Å². The molecule has 0 aliphatic carbocycles. The largest absolute Gasteiger partial charge is 0.497 e. The van der Waals surface area contributed by atoms with Gasteiger partial charge in [0.05, 0.1) is 12.6 Å². The van der Waals surface area contributed by atoms with Crippen molar-refractivity contribution in [3.8, 4) is 28.4 Å². The maximum absolute atomic E-state index is 14.3. The van der Waals surface area contributed by atoms with Crippen molar-refractivity contribution in [1.29, 1.82) is 0 Å². The van der Waals surface area contributed by atoms with Crippen LogP contribution in [0.3, 0.4) is 0 Å². The number of anilines is 1. The van der Waals surface area contributed by atoms with E-state index in [0.29, 0.717) is 28.6 Å². The van der Waals surface area contributed by atoms with Gasteiger partial charge in [0.2, 0.25) is 0 Å². The number of methoxy groups -OCH3 is 1. The van der Waals surface area contributed by atoms with Gasteiger partial charge in [0.1, 0.15) is 28.9 Å². The lowest BCUT2D eigenvalue weighted by atomic mass is 10.1. The first-order valence-corrected chi connectivity index (χ1v) is 10.2. The maximum atomic E-state index is 14.3. The lowest BCUT2D eigenvalue weighted by molar-refractivity contribution is 0.415. The minimum absolute atomic E-state index is 0.185. The van der Waals surface area contributed by atoms with Crippen LogP contribution in [0.4, 0.5) is 19.0 Å². The van der Waals surface area contributed by atoms with Crippen LogP contribution in [0.25, 0.3) is 28.2 Å². The maximum Gasteiger partial charge on any atom is 0.182 e. The van der Waals surface area contributed by atoms with E-state index in [1.54, 1.807) is 25.4 Å². The van der Waals surface area contributed by atoms with Crippen molar-refractivity contribution in [3.05, 3.63) is 89.8 Å². The first-order valence-electron chi connectivity index (χ1n) is 10.2. The van der Waals surface area contributed by atoms with Gasteiger partial charge in [-0.15, -0.1) is 0 Å². The third-order valence-electron chi connectivity index (χ3n) is 5.31. The van der Waals surface area contributed by atoms with Crippen molar-refractivity contribution in [2.24, 2.45) is 0 Å². The normalized spacial score (nSPS) is 11.2. The van der Waals surface area contributed by atoms with Crippen molar-refractivity contribution < 1.29 is 17.9 Å². The summed E-state index contributed by atoms with van der Waals surface area (Å²) in [5.74, 6) is -1.92. The zero-order valence-electron chi connectivity index (χ0n) is 17.8. The van der Waals surface area contributed by atoms with Crippen LogP contribution in [0.1, 0.15) is 11.4 Å². The summed E-state index contributed by atoms with van der Waals surface area (Å²) in [5.41, 5.74) is 8.33. The fourth-order valence-corrected chi connectivity index (χ4v) is 3.70. The summed E-state index contributed by atoms with van der Waals surface area (Å²) in [4.78, 5) is 13.4. The Bertz CT molecular complexity index is 1540. The minimum Gasteiger partial charge on any atom is -0.497 e. The van der Waals surface area contributed by atoms with Crippen molar-refractivity contribution >= 4 is 11.3 Å². The first-order chi connectivity index (χ1) is 16.4. The molecule has 170 valence electrons. The van der Waals surface area contributed by atoms with Crippen LogP contribution >= 0.6 is 0 Å². The van der Waals surface area contributed by atoms with E-state index in [1.807, 2.05) is 24.3 Å². The molecule has 0 saturated heterocycles. The molecule has 34 heavy (non-hydrogen) atoms. The number of hydrogen-bond acceptors (Lipinski definition) is 6. The molecule has 0 amide bonds. The Morgan fingerprint density at radius 2 is 1.88 bits per heavy atom. The second kappa shape index (κ2) is 8.47. The standard InChI is InChI=1S/C24H17F3N6O/c1-34-16-5-2-4-13(9-16)17-12-29-24(32-23(17)28)22-19-6-3-7-30-33(19)20(31-22)10-14-8-15(25)11-18(26)21(14)27/h2-9,11-12H,10H2,1H3,(H2,28,29,32). The number of aromatic nitrogens is 5. The molecule has 0 unspecified atom stereocenters. The number of imidazole rings is 1. The molecule has 0 saturated carbocycles. The molecule has 2 N–H and O–H groups in total. The lowest BCUT2D eigenvalue weighted by Gasteiger charge is -2.08. The number of benzene rings is 2. The Labute approximate surface area is 191 Å². The fourth-order valence-electron chi connectivity index (χ4n) is 3.70. The van der Waals surface area contributed by atoms with Gasteiger partial charge in [-0.25, -0.2) is 32.6 Å². The summed E-state index contributed by atoms with van der Waals surface area (Å²) in [6, 6.07) is 12.2. The molecule has 5 rings (SSSR count). The van der Waals surface area contributed by atoms with E-state index in [2.05, 4.69) is 20.1 Å². The van der Waals surface area contributed by atoms with Crippen molar-refractivity contribution in [2.45, 2.75) is 6.42 Å². The Kier molecular flexibility index (Phi) is 5.33. The quantitative estimate of drug-likeness (QED) is 0.388. The van der Waals surface area contributed by atoms with Crippen LogP contribution in [0.2, 0.25) is 0 Å². The van der Waals surface area contributed by atoms with Crippen LogP contribution in [0.5, 0.6) is 5.75 Å². The monoisotopic (exact) mass is 462 g/mol. The van der Waals surface area contributed by atoms with Crippen LogP contribution in [-0.2, 0) is 6.42 Å². The minimum atomic E-state index is -1.27. The van der Waals surface area contributed by atoms with Crippen molar-refractivity contribution in [3.63, 3.8) is 0 Å². The van der Waals surface area contributed by atoms with Gasteiger partial charge in [0.15, 0.2) is 17.5 Å². The molecule has 7 nitrogen and oxygen atoms in total. The Balaban J connectivity index is 1.58. The average molecular weight is 462 g/mol. The molecule has 3 aromatic heterocycles. The number of rotatable bonds is 5. The van der Waals surface area contributed by atoms with Crippen LogP contribution in [0, 0.1) is 17.5 Å². The number of nitrogens with two attached hydrogens (primary N) is 1. The highest BCUT2D eigenvalue weighted by atomic mass is 19.2. The zero-order chi connectivity index (χ0) is 23.8. The van der Waals surface area contributed by atoms with Gasteiger partial charge in [0.25, 0.3) is 0 Å². The summed E-state index contributed by atoms with van der Waals surface area (Å²) < 4.78 is 48.3. The van der Waals surface area contributed by atoms with Crippen LogP contribution in [-0.4, -0.2) is 31.7 Å². The molecule has 0 aliphatic rings. The Morgan fingerprint density at radius 1 is 1.03 bits per heavy atom. The van der Waals surface area contributed by atoms with Gasteiger partial charge >= 0.3 is 0 Å². The topological polar surface area (TPSA) is 91.2 Å². The van der Waals surface area contributed by atoms with Gasteiger partial charge in [-0.1, -0.05) is 12.1 Å². The highest BCUT2D eigenvalue weighted by Gasteiger charge is 2.20. The van der Waals surface area contributed by atoms with E-state index in [9.17, 15) is 13.2 Å². The SMILES string of the molecule is COc1cccc(-c2cnc(-c3nc(Cc4cc(F)cc(F)c4F)n4ncccc34)nc2N)c1. The fraction of sp³-hybridized carbons (Fsp3) is 0.0833. The van der Waals surface area contributed by atoms with Gasteiger partial charge in [0, 0.05) is 36.0 Å². The zero-order valence-corrected chi connectivity index (χ0v) is 17.8. The molecule has 0 bridgehead atoms. The number of fused-ring (bicyclic) bond motifs is 1. The Morgan fingerprint density at radius 3 is 2.68 bits per heavy atom. The predicted molar refractivity (Wildman–Crippen MR) is 120 cm³/mol. The van der Waals surface area contributed by atoms with E-state index in [1.165, 1.54) is 10.7 Å². The number of nitrogens with zero attached hydrogens (tertiary/aromatic N) is 5. The molecule has 3 heterocycles. The van der Waals surface area contributed by atoms with E-state index in [4.69, 9.17) is 10.5 Å². The summed E-state index contributed by atoms with van der Waals surface area (Å²) in [6.45, 7) is 0. The highest BCUT2D eigenvalue weighted by Crippen LogP contribution is 2.30. The molecule has 0 atom stereocenters. The molecular formula is C24H17F3N6O. The second-order valence-corrected chi connectivity index (χ2v) is 7.46. The number of ether oxygens (including phenoxy) is 1. The van der Waals surface area contributed by atoms with E-state index in [0.717, 1.165) is 11.6 Å². The van der Waals surface area contributed by atoms with E-state index < -0.39 is 17.5 Å². The van der Waals surface area contributed by atoms with Gasteiger partial charge in [-0.2, -0.15) is 5.10 Å². The molecule has 10 heteroatoms. The molecule has 0 aliphatic heterocycles. The molecule has 0 fully saturated rings. The third kappa shape index (κ3) is 3.79. The van der Waals surface area contributed by atoms with Crippen molar-refractivity contribution in [2.75, 3.05) is 12.8 Å². The second-order valence-electron chi connectivity index (χ2n) is 7.46. The van der Waals surface area contributed by atoms with Crippen LogP contribution < -0.4 is 10.5 Å². The molecule has 0 spiro atoms. The smallest absolute Gasteiger partial charge is 0.182 e. The Hall–Kier alpha value is -4.47. The molecule has 0 radical (unpaired) electrons. The number of hydrogen-bond donors (Lipinski definition) is 1. The third-order valence-corrected chi connectivity index (χ3v) is 5.31. The molecular weight excluding hydrogens is 445 g/mol. The average Bonchev–Trinajstić information content (AvgIpc) is 3.20. The molecule has 5 aromatic rings. The summed E-state index contributed by atoms with van der Waals surface area (Å²) in [5, 5.41) is 4.25.